The number of unbranched alkanes of at least 4 members (excludes halogenated alkanes) is 19. The van der Waals surface area contributed by atoms with Gasteiger partial charge >= 0.3 is 5.97 Å². The summed E-state index contributed by atoms with van der Waals surface area (Å²) >= 11 is 0. The molecule has 0 fully saturated rings. The lowest BCUT2D eigenvalue weighted by Crippen LogP contribution is -2.46. The molecule has 356 valence electrons. The molecule has 6 nitrogen and oxygen atoms in total. The highest BCUT2D eigenvalue weighted by molar-refractivity contribution is 5.77. The molecule has 6 heteroatoms. The van der Waals surface area contributed by atoms with E-state index < -0.39 is 18.2 Å². The predicted octanol–water partition coefficient (Wildman–Crippen LogP) is 15.3. The van der Waals surface area contributed by atoms with Crippen LogP contribution in [0.1, 0.15) is 201 Å². The van der Waals surface area contributed by atoms with Gasteiger partial charge in [0.05, 0.1) is 25.2 Å². The lowest BCUT2D eigenvalue weighted by atomic mass is 10.0. The van der Waals surface area contributed by atoms with E-state index >= 15 is 0 Å². The van der Waals surface area contributed by atoms with E-state index in [-0.39, 0.29) is 24.9 Å². The van der Waals surface area contributed by atoms with E-state index in [4.69, 9.17) is 4.74 Å². The lowest BCUT2D eigenvalue weighted by molar-refractivity contribution is -0.151. The fourth-order valence-corrected chi connectivity index (χ4v) is 7.00. The zero-order valence-corrected chi connectivity index (χ0v) is 40.4. The third kappa shape index (κ3) is 44.7. The molecule has 1 amide bonds. The van der Waals surface area contributed by atoms with Crippen molar-refractivity contribution in [3.05, 3.63) is 122 Å². The molecular formula is C57H93NO5. The second kappa shape index (κ2) is 49.3. The Kier molecular flexibility index (Phi) is 46.4. The quantitative estimate of drug-likeness (QED) is 0.0322. The van der Waals surface area contributed by atoms with Crippen molar-refractivity contribution < 1.29 is 24.5 Å². The molecule has 0 heterocycles. The van der Waals surface area contributed by atoms with Crippen LogP contribution in [0, 0.1) is 0 Å². The number of ether oxygens (including phenoxy) is 1. The van der Waals surface area contributed by atoms with E-state index in [1.165, 1.54) is 70.6 Å². The average Bonchev–Trinajstić information content (AvgIpc) is 3.28. The molecule has 3 N–H and O–H groups in total. The molecule has 0 bridgehead atoms. The van der Waals surface area contributed by atoms with Crippen LogP contribution in [0.4, 0.5) is 0 Å². The Morgan fingerprint density at radius 1 is 0.476 bits per heavy atom. The molecular weight excluding hydrogens is 779 g/mol. The highest BCUT2D eigenvalue weighted by Gasteiger charge is 2.24. The third-order valence-corrected chi connectivity index (χ3v) is 10.8. The summed E-state index contributed by atoms with van der Waals surface area (Å²) < 4.78 is 5.89. The molecule has 0 aliphatic rings. The van der Waals surface area contributed by atoms with E-state index in [0.29, 0.717) is 19.3 Å². The smallest absolute Gasteiger partial charge is 0.306 e. The Bertz CT molecular complexity index is 1350. The number of rotatable bonds is 43. The van der Waals surface area contributed by atoms with Crippen LogP contribution in [0.2, 0.25) is 0 Å². The molecule has 3 unspecified atom stereocenters. The molecule has 0 radical (unpaired) electrons. The molecule has 0 aliphatic carbocycles. The molecule has 0 aliphatic heterocycles. The minimum Gasteiger partial charge on any atom is -0.462 e. The number of nitrogens with one attached hydrogen (secondary N) is 1. The summed E-state index contributed by atoms with van der Waals surface area (Å²) in [6, 6.07) is -0.733. The Morgan fingerprint density at radius 2 is 0.857 bits per heavy atom. The molecule has 63 heavy (non-hydrogen) atoms. The van der Waals surface area contributed by atoms with Crippen LogP contribution in [-0.2, 0) is 14.3 Å². The van der Waals surface area contributed by atoms with Crippen molar-refractivity contribution in [3.8, 4) is 0 Å². The van der Waals surface area contributed by atoms with Crippen LogP contribution in [0.3, 0.4) is 0 Å². The van der Waals surface area contributed by atoms with E-state index in [1.54, 1.807) is 0 Å². The van der Waals surface area contributed by atoms with Gasteiger partial charge in [-0.1, -0.05) is 245 Å². The fourth-order valence-electron chi connectivity index (χ4n) is 7.00. The first-order chi connectivity index (χ1) is 31.0. The topological polar surface area (TPSA) is 95.9 Å². The van der Waals surface area contributed by atoms with Gasteiger partial charge in [0.25, 0.3) is 0 Å². The van der Waals surface area contributed by atoms with Gasteiger partial charge in [-0.15, -0.1) is 0 Å². The third-order valence-electron chi connectivity index (χ3n) is 10.8. The lowest BCUT2D eigenvalue weighted by Gasteiger charge is -2.24. The van der Waals surface area contributed by atoms with Gasteiger partial charge in [0.1, 0.15) is 6.10 Å². The highest BCUT2D eigenvalue weighted by Crippen LogP contribution is 2.17. The predicted molar refractivity (Wildman–Crippen MR) is 273 cm³/mol. The van der Waals surface area contributed by atoms with Crippen LogP contribution < -0.4 is 5.32 Å². The second-order valence-electron chi connectivity index (χ2n) is 16.7. The standard InChI is InChI=1S/C57H93NO5/c1-4-7-10-13-16-19-22-25-27-28-29-32-35-38-41-44-47-50-57(62)63-53(48-45-42-39-36-33-30-24-21-18-15-12-9-6-3)51-56(61)58-54(52-59)55(60)49-46-43-40-37-34-31-26-23-20-17-14-11-8-5-2/h7,9-10,12-13,15-16,18-19,21-22,24-25,27-30,32-33,35,53-55,59-60H,4-6,8,11,14,17,20,23,26,31,34,36-52H2,1-3H3,(H,58,61)/b10-7-,12-9+,16-13+,18-15+,22-19+,24-21+,27-25-,29-28+,33-30-,35-32+. The van der Waals surface area contributed by atoms with Gasteiger partial charge in [-0.25, -0.2) is 0 Å². The van der Waals surface area contributed by atoms with E-state index in [1.807, 2.05) is 91.1 Å². The summed E-state index contributed by atoms with van der Waals surface area (Å²) in [4.78, 5) is 26.1. The monoisotopic (exact) mass is 872 g/mol. The van der Waals surface area contributed by atoms with Gasteiger partial charge in [0.2, 0.25) is 5.91 Å². The van der Waals surface area contributed by atoms with Crippen LogP contribution in [-0.4, -0.2) is 46.9 Å². The molecule has 0 saturated heterocycles. The van der Waals surface area contributed by atoms with Gasteiger partial charge in [0.15, 0.2) is 0 Å². The Morgan fingerprint density at radius 3 is 1.30 bits per heavy atom. The average molecular weight is 872 g/mol. The molecule has 0 aromatic heterocycles. The molecule has 0 spiro atoms. The minimum absolute atomic E-state index is 0.0248. The van der Waals surface area contributed by atoms with Gasteiger partial charge in [-0.05, 0) is 64.2 Å². The maximum absolute atomic E-state index is 13.2. The van der Waals surface area contributed by atoms with E-state index in [0.717, 1.165) is 83.5 Å². The van der Waals surface area contributed by atoms with E-state index in [9.17, 15) is 19.8 Å². The van der Waals surface area contributed by atoms with E-state index in [2.05, 4.69) is 56.5 Å². The summed E-state index contributed by atoms with van der Waals surface area (Å²) in [5.41, 5.74) is 0. The van der Waals surface area contributed by atoms with Crippen molar-refractivity contribution in [2.75, 3.05) is 6.61 Å². The molecule has 0 aromatic rings. The second-order valence-corrected chi connectivity index (χ2v) is 16.7. The summed E-state index contributed by atoms with van der Waals surface area (Å²) in [6.45, 7) is 6.16. The van der Waals surface area contributed by atoms with Crippen LogP contribution in [0.5, 0.6) is 0 Å². The number of esters is 1. The van der Waals surface area contributed by atoms with Crippen LogP contribution in [0.25, 0.3) is 0 Å². The van der Waals surface area contributed by atoms with Crippen LogP contribution in [0.15, 0.2) is 122 Å². The molecule has 0 rings (SSSR count). The number of hydrogen-bond donors (Lipinski definition) is 3. The first-order valence-electron chi connectivity index (χ1n) is 25.4. The Labute approximate surface area is 387 Å². The van der Waals surface area contributed by atoms with Gasteiger partial charge in [-0.2, -0.15) is 0 Å². The number of allylic oxidation sites excluding steroid dienone is 20. The van der Waals surface area contributed by atoms with Crippen LogP contribution >= 0.6 is 0 Å². The Hall–Kier alpha value is -3.74. The van der Waals surface area contributed by atoms with Crippen molar-refractivity contribution in [1.82, 2.24) is 5.32 Å². The largest absolute Gasteiger partial charge is 0.462 e. The molecule has 0 aromatic carbocycles. The van der Waals surface area contributed by atoms with Crippen molar-refractivity contribution >= 4 is 11.9 Å². The van der Waals surface area contributed by atoms with Crippen molar-refractivity contribution in [1.29, 1.82) is 0 Å². The Balaban J connectivity index is 4.75. The zero-order chi connectivity index (χ0) is 45.9. The number of aliphatic hydroxyl groups is 2. The maximum atomic E-state index is 13.2. The van der Waals surface area contributed by atoms with Gasteiger partial charge < -0.3 is 20.3 Å². The molecule has 3 atom stereocenters. The summed E-state index contributed by atoms with van der Waals surface area (Å²) in [6.07, 6.45) is 68.2. The normalized spacial score (nSPS) is 14.3. The van der Waals surface area contributed by atoms with Gasteiger partial charge in [-0.3, -0.25) is 9.59 Å². The SMILES string of the molecule is CC\C=C/C=C/C=C/C=C\C=C\C=C\CCCCCC(=O)OC(CCCCC\C=C/C=C/C=C/C=C/CC)CC(=O)NC(CO)C(O)CCCCCCCCCCCCCCCC. The van der Waals surface area contributed by atoms with Gasteiger partial charge in [0, 0.05) is 6.42 Å². The number of amides is 1. The number of carbonyl (C=O) groups is 2. The summed E-state index contributed by atoms with van der Waals surface area (Å²) in [7, 11) is 0. The summed E-state index contributed by atoms with van der Waals surface area (Å²) in [5, 5.41) is 23.8. The number of hydrogen-bond acceptors (Lipinski definition) is 5. The number of aliphatic hydroxyl groups excluding tert-OH is 2. The van der Waals surface area contributed by atoms with Crippen molar-refractivity contribution in [2.45, 2.75) is 219 Å². The first-order valence-corrected chi connectivity index (χ1v) is 25.4. The molecule has 0 saturated carbocycles. The van der Waals surface area contributed by atoms with Crippen molar-refractivity contribution in [2.24, 2.45) is 0 Å². The van der Waals surface area contributed by atoms with Crippen molar-refractivity contribution in [3.63, 3.8) is 0 Å². The summed E-state index contributed by atoms with van der Waals surface area (Å²) in [5.74, 6) is -0.577. The zero-order valence-electron chi connectivity index (χ0n) is 40.4. The number of carbonyl (C=O) groups excluding carboxylic acids is 2. The minimum atomic E-state index is -0.815. The highest BCUT2D eigenvalue weighted by atomic mass is 16.5. The maximum Gasteiger partial charge on any atom is 0.306 e. The first kappa shape index (κ1) is 59.3. The fraction of sp³-hybridized carbons (Fsp3) is 0.614.